The van der Waals surface area contributed by atoms with Gasteiger partial charge in [0.1, 0.15) is 11.9 Å². The van der Waals surface area contributed by atoms with Crippen LogP contribution in [0.2, 0.25) is 0 Å². The Morgan fingerprint density at radius 2 is 2.20 bits per heavy atom. The number of halogens is 1. The van der Waals surface area contributed by atoms with Crippen LogP contribution < -0.4 is 5.32 Å². The van der Waals surface area contributed by atoms with E-state index in [1.807, 2.05) is 6.07 Å². The molecule has 0 aliphatic carbocycles. The molecule has 1 amide bonds. The molecule has 1 heterocycles. The van der Waals surface area contributed by atoms with Crippen molar-refractivity contribution in [1.82, 2.24) is 10.3 Å². The highest BCUT2D eigenvalue weighted by molar-refractivity contribution is 5.94. The minimum atomic E-state index is -0.300. The molecule has 0 radical (unpaired) electrons. The lowest BCUT2D eigenvalue weighted by Crippen LogP contribution is -2.25. The molecule has 1 aromatic carbocycles. The summed E-state index contributed by atoms with van der Waals surface area (Å²) >= 11 is 0. The van der Waals surface area contributed by atoms with E-state index in [0.717, 1.165) is 5.56 Å². The summed E-state index contributed by atoms with van der Waals surface area (Å²) < 4.78 is 13.0. The molecule has 5 heteroatoms. The molecule has 0 bridgehead atoms. The van der Waals surface area contributed by atoms with Gasteiger partial charge in [-0.25, -0.2) is 4.39 Å². The molecule has 0 aliphatic heterocycles. The fraction of sp³-hybridized carbons (Fsp3) is 0.133. The van der Waals surface area contributed by atoms with Crippen molar-refractivity contribution >= 4 is 5.91 Å². The Kier molecular flexibility index (Phi) is 4.40. The number of rotatable bonds is 4. The number of carbonyl (C=O) groups is 1. The van der Waals surface area contributed by atoms with Gasteiger partial charge in [-0.2, -0.15) is 5.26 Å². The number of benzene rings is 1. The van der Waals surface area contributed by atoms with E-state index in [-0.39, 0.29) is 11.7 Å². The third-order valence-corrected chi connectivity index (χ3v) is 2.72. The van der Waals surface area contributed by atoms with Crippen molar-refractivity contribution in [3.05, 3.63) is 65.2 Å². The first-order chi connectivity index (χ1) is 9.69. The Labute approximate surface area is 115 Å². The molecule has 2 aromatic rings. The van der Waals surface area contributed by atoms with Crippen molar-refractivity contribution in [1.29, 1.82) is 5.26 Å². The minimum absolute atomic E-state index is 0.292. The first kappa shape index (κ1) is 13.7. The van der Waals surface area contributed by atoms with Crippen molar-refractivity contribution in [3.8, 4) is 6.07 Å². The number of pyridine rings is 1. The summed E-state index contributed by atoms with van der Waals surface area (Å²) in [6, 6.07) is 9.64. The zero-order valence-electron chi connectivity index (χ0n) is 10.6. The second kappa shape index (κ2) is 6.43. The van der Waals surface area contributed by atoms with Gasteiger partial charge in [-0.15, -0.1) is 0 Å². The van der Waals surface area contributed by atoms with Crippen molar-refractivity contribution < 1.29 is 9.18 Å². The summed E-state index contributed by atoms with van der Waals surface area (Å²) in [5.41, 5.74) is 1.49. The van der Waals surface area contributed by atoms with Crippen LogP contribution in [0.3, 0.4) is 0 Å². The molecule has 0 aliphatic rings. The highest BCUT2D eigenvalue weighted by atomic mass is 19.1. The van der Waals surface area contributed by atoms with Crippen LogP contribution in [-0.2, 0) is 6.42 Å². The molecule has 0 spiro atoms. The van der Waals surface area contributed by atoms with Gasteiger partial charge in [0.25, 0.3) is 5.91 Å². The molecule has 100 valence electrons. The highest BCUT2D eigenvalue weighted by Gasteiger charge is 2.06. The standard InChI is InChI=1S/C15H12FN3O/c16-14-3-1-2-11(7-14)4-5-19-15(20)13-6-12(8-17)9-18-10-13/h1-3,6-7,9-10H,4-5H2,(H,19,20). The van der Waals surface area contributed by atoms with Gasteiger partial charge in [0.15, 0.2) is 0 Å². The van der Waals surface area contributed by atoms with Gasteiger partial charge in [0.05, 0.1) is 11.1 Å². The summed E-state index contributed by atoms with van der Waals surface area (Å²) in [5, 5.41) is 11.4. The van der Waals surface area contributed by atoms with Gasteiger partial charge in [-0.05, 0) is 30.2 Å². The van der Waals surface area contributed by atoms with Gasteiger partial charge in [-0.1, -0.05) is 12.1 Å². The molecule has 4 nitrogen and oxygen atoms in total. The second-order valence-corrected chi connectivity index (χ2v) is 4.21. The largest absolute Gasteiger partial charge is 0.352 e. The van der Waals surface area contributed by atoms with Crippen molar-refractivity contribution in [2.45, 2.75) is 6.42 Å². The van der Waals surface area contributed by atoms with Gasteiger partial charge < -0.3 is 5.32 Å². The van der Waals surface area contributed by atoms with E-state index in [0.29, 0.717) is 24.1 Å². The van der Waals surface area contributed by atoms with Crippen LogP contribution in [0, 0.1) is 17.1 Å². The summed E-state index contributed by atoms with van der Waals surface area (Å²) in [5.74, 6) is -0.592. The zero-order chi connectivity index (χ0) is 14.4. The van der Waals surface area contributed by atoms with E-state index < -0.39 is 0 Å². The monoisotopic (exact) mass is 269 g/mol. The predicted molar refractivity (Wildman–Crippen MR) is 71.4 cm³/mol. The fourth-order valence-electron chi connectivity index (χ4n) is 1.74. The Bertz CT molecular complexity index is 664. The molecule has 0 atom stereocenters. The number of nitrogens with zero attached hydrogens (tertiary/aromatic N) is 2. The van der Waals surface area contributed by atoms with Gasteiger partial charge in [0, 0.05) is 18.9 Å². The van der Waals surface area contributed by atoms with Crippen LogP contribution in [0.25, 0.3) is 0 Å². The topological polar surface area (TPSA) is 65.8 Å². The molecule has 20 heavy (non-hydrogen) atoms. The van der Waals surface area contributed by atoms with Crippen molar-refractivity contribution in [2.24, 2.45) is 0 Å². The molecular formula is C15H12FN3O. The van der Waals surface area contributed by atoms with E-state index in [4.69, 9.17) is 5.26 Å². The average molecular weight is 269 g/mol. The Balaban J connectivity index is 1.91. The number of carbonyl (C=O) groups excluding carboxylic acids is 1. The second-order valence-electron chi connectivity index (χ2n) is 4.21. The van der Waals surface area contributed by atoms with Crippen molar-refractivity contribution in [2.75, 3.05) is 6.54 Å². The molecule has 0 fully saturated rings. The Morgan fingerprint density at radius 3 is 2.95 bits per heavy atom. The smallest absolute Gasteiger partial charge is 0.252 e. The third kappa shape index (κ3) is 3.62. The van der Waals surface area contributed by atoms with E-state index in [1.54, 1.807) is 12.1 Å². The molecule has 0 saturated heterocycles. The Hall–Kier alpha value is -2.74. The highest BCUT2D eigenvalue weighted by Crippen LogP contribution is 2.04. The van der Waals surface area contributed by atoms with E-state index in [2.05, 4.69) is 10.3 Å². The number of nitriles is 1. The number of hydrogen-bond donors (Lipinski definition) is 1. The normalized spacial score (nSPS) is 9.80. The number of aromatic nitrogens is 1. The minimum Gasteiger partial charge on any atom is -0.352 e. The maximum Gasteiger partial charge on any atom is 0.252 e. The number of hydrogen-bond acceptors (Lipinski definition) is 3. The van der Waals surface area contributed by atoms with Crippen LogP contribution in [-0.4, -0.2) is 17.4 Å². The lowest BCUT2D eigenvalue weighted by molar-refractivity contribution is 0.0953. The van der Waals surface area contributed by atoms with E-state index in [1.165, 1.54) is 30.6 Å². The van der Waals surface area contributed by atoms with Gasteiger partial charge in [0.2, 0.25) is 0 Å². The maximum atomic E-state index is 13.0. The summed E-state index contributed by atoms with van der Waals surface area (Å²) in [4.78, 5) is 15.7. The molecular weight excluding hydrogens is 257 g/mol. The maximum absolute atomic E-state index is 13.0. The van der Waals surface area contributed by atoms with Gasteiger partial charge >= 0.3 is 0 Å². The molecule has 0 saturated carbocycles. The molecule has 1 aromatic heterocycles. The SMILES string of the molecule is N#Cc1cncc(C(=O)NCCc2cccc(F)c2)c1. The van der Waals surface area contributed by atoms with Crippen molar-refractivity contribution in [3.63, 3.8) is 0 Å². The molecule has 1 N–H and O–H groups in total. The predicted octanol–water partition coefficient (Wildman–Crippen LogP) is 2.06. The quantitative estimate of drug-likeness (QED) is 0.924. The van der Waals surface area contributed by atoms with Crippen LogP contribution in [0.5, 0.6) is 0 Å². The van der Waals surface area contributed by atoms with Crippen LogP contribution in [0.15, 0.2) is 42.7 Å². The van der Waals surface area contributed by atoms with Crippen LogP contribution in [0.1, 0.15) is 21.5 Å². The lowest BCUT2D eigenvalue weighted by Gasteiger charge is -2.05. The summed E-state index contributed by atoms with van der Waals surface area (Å²) in [6.45, 7) is 0.388. The lowest BCUT2D eigenvalue weighted by atomic mass is 10.1. The Morgan fingerprint density at radius 1 is 1.35 bits per heavy atom. The van der Waals surface area contributed by atoms with Gasteiger partial charge in [-0.3, -0.25) is 9.78 Å². The first-order valence-corrected chi connectivity index (χ1v) is 6.07. The average Bonchev–Trinajstić information content (AvgIpc) is 2.47. The molecule has 2 rings (SSSR count). The number of nitrogens with one attached hydrogen (secondary N) is 1. The molecule has 0 unspecified atom stereocenters. The third-order valence-electron chi connectivity index (χ3n) is 2.72. The summed E-state index contributed by atoms with van der Waals surface area (Å²) in [6.07, 6.45) is 3.33. The number of amides is 1. The first-order valence-electron chi connectivity index (χ1n) is 6.07. The van der Waals surface area contributed by atoms with E-state index >= 15 is 0 Å². The van der Waals surface area contributed by atoms with E-state index in [9.17, 15) is 9.18 Å². The van der Waals surface area contributed by atoms with Crippen LogP contribution in [0.4, 0.5) is 4.39 Å². The fourth-order valence-corrected chi connectivity index (χ4v) is 1.74. The zero-order valence-corrected chi connectivity index (χ0v) is 10.6. The summed E-state index contributed by atoms with van der Waals surface area (Å²) in [7, 11) is 0. The van der Waals surface area contributed by atoms with Crippen LogP contribution >= 0.6 is 0 Å².